The molecule has 1 aliphatic heterocycles. The predicted octanol–water partition coefficient (Wildman–Crippen LogP) is 1.90. The molecule has 0 radical (unpaired) electrons. The number of hydrogen-bond donors (Lipinski definition) is 0. The smallest absolute Gasteiger partial charge is 0.258 e. The Labute approximate surface area is 71.5 Å². The molecular weight excluding hydrogens is 164 g/mol. The molecule has 12 heavy (non-hydrogen) atoms. The summed E-state index contributed by atoms with van der Waals surface area (Å²) in [6.45, 7) is 4.17. The van der Waals surface area contributed by atoms with Crippen molar-refractivity contribution in [2.45, 2.75) is 32.6 Å². The monoisotopic (exact) mass is 179 g/mol. The van der Waals surface area contributed by atoms with Crippen molar-refractivity contribution >= 4 is 5.91 Å². The van der Waals surface area contributed by atoms with Gasteiger partial charge in [-0.3, -0.25) is 4.79 Å². The number of carbonyl (C=O) groups excluding carboxylic acids is 1. The normalized spacial score (nSPS) is 21.4. The first kappa shape index (κ1) is 11.3. The van der Waals surface area contributed by atoms with Gasteiger partial charge in [-0.15, -0.1) is 0 Å². The van der Waals surface area contributed by atoms with Gasteiger partial charge in [0.1, 0.15) is 0 Å². The average Bonchev–Trinajstić information content (AvgIpc) is 2.01. The van der Waals surface area contributed by atoms with Gasteiger partial charge in [0.15, 0.2) is 0 Å². The summed E-state index contributed by atoms with van der Waals surface area (Å²) in [5, 5.41) is 0. The van der Waals surface area contributed by atoms with Gasteiger partial charge in [0.25, 0.3) is 5.92 Å². The standard InChI is InChI=1S/C6H9F2NO.C2H6/c1-9-3-2-6(7,8)4-5(9)10;1-2/h2-4H2,1H3;1-2H3. The number of amides is 1. The van der Waals surface area contributed by atoms with Gasteiger partial charge in [0.2, 0.25) is 5.91 Å². The highest BCUT2D eigenvalue weighted by Gasteiger charge is 2.37. The number of likely N-dealkylation sites (tertiary alicyclic amines) is 1. The van der Waals surface area contributed by atoms with E-state index in [9.17, 15) is 13.6 Å². The van der Waals surface area contributed by atoms with Crippen LogP contribution in [0.4, 0.5) is 8.78 Å². The molecule has 1 heterocycles. The van der Waals surface area contributed by atoms with Crippen LogP contribution in [0.1, 0.15) is 26.7 Å². The van der Waals surface area contributed by atoms with Crippen LogP contribution >= 0.6 is 0 Å². The third kappa shape index (κ3) is 3.15. The third-order valence-electron chi connectivity index (χ3n) is 1.65. The molecule has 1 aliphatic rings. The van der Waals surface area contributed by atoms with Crippen LogP contribution in [0, 0.1) is 0 Å². The Morgan fingerprint density at radius 2 is 1.92 bits per heavy atom. The van der Waals surface area contributed by atoms with Crippen molar-refractivity contribution < 1.29 is 13.6 Å². The molecule has 0 saturated carbocycles. The summed E-state index contributed by atoms with van der Waals surface area (Å²) in [5.74, 6) is -3.22. The van der Waals surface area contributed by atoms with Crippen LogP contribution < -0.4 is 0 Å². The summed E-state index contributed by atoms with van der Waals surface area (Å²) < 4.78 is 24.8. The molecule has 0 aromatic carbocycles. The number of halogens is 2. The molecule has 1 fully saturated rings. The zero-order chi connectivity index (χ0) is 9.78. The molecule has 1 saturated heterocycles. The molecule has 0 atom stereocenters. The minimum absolute atomic E-state index is 0.172. The molecule has 2 nitrogen and oxygen atoms in total. The van der Waals surface area contributed by atoms with Crippen LogP contribution in [0.3, 0.4) is 0 Å². The number of hydrogen-bond acceptors (Lipinski definition) is 1. The molecule has 0 unspecified atom stereocenters. The van der Waals surface area contributed by atoms with Gasteiger partial charge < -0.3 is 4.90 Å². The molecule has 72 valence electrons. The Balaban J connectivity index is 0.000000561. The largest absolute Gasteiger partial charge is 0.345 e. The molecule has 0 aromatic heterocycles. The Bertz CT molecular complexity index is 159. The number of alkyl halides is 2. The molecule has 0 aliphatic carbocycles. The van der Waals surface area contributed by atoms with E-state index in [1.54, 1.807) is 0 Å². The van der Waals surface area contributed by atoms with Crippen LogP contribution in [-0.4, -0.2) is 30.3 Å². The lowest BCUT2D eigenvalue weighted by atomic mass is 10.1. The Morgan fingerprint density at radius 1 is 1.42 bits per heavy atom. The van der Waals surface area contributed by atoms with E-state index in [-0.39, 0.29) is 13.0 Å². The van der Waals surface area contributed by atoms with Gasteiger partial charge >= 0.3 is 0 Å². The highest BCUT2D eigenvalue weighted by atomic mass is 19.3. The molecule has 0 aromatic rings. The first-order valence-corrected chi connectivity index (χ1v) is 4.13. The van der Waals surface area contributed by atoms with Gasteiger partial charge in [0, 0.05) is 20.0 Å². The Morgan fingerprint density at radius 3 is 2.25 bits per heavy atom. The second-order valence-corrected chi connectivity index (χ2v) is 2.60. The molecule has 0 spiro atoms. The van der Waals surface area contributed by atoms with E-state index in [1.165, 1.54) is 11.9 Å². The highest BCUT2D eigenvalue weighted by molar-refractivity contribution is 5.77. The van der Waals surface area contributed by atoms with Crippen molar-refractivity contribution in [2.75, 3.05) is 13.6 Å². The molecule has 1 rings (SSSR count). The van der Waals surface area contributed by atoms with E-state index in [2.05, 4.69) is 0 Å². The second-order valence-electron chi connectivity index (χ2n) is 2.60. The lowest BCUT2D eigenvalue weighted by molar-refractivity contribution is -0.145. The van der Waals surface area contributed by atoms with E-state index < -0.39 is 18.3 Å². The zero-order valence-corrected chi connectivity index (χ0v) is 7.73. The Kier molecular flexibility index (Phi) is 4.13. The SMILES string of the molecule is CC.CN1CCC(F)(F)CC1=O. The van der Waals surface area contributed by atoms with Gasteiger partial charge in [-0.25, -0.2) is 8.78 Å². The first-order valence-electron chi connectivity index (χ1n) is 4.13. The minimum atomic E-state index is -2.76. The molecular formula is C8H15F2NO. The average molecular weight is 179 g/mol. The highest BCUT2D eigenvalue weighted by Crippen LogP contribution is 2.27. The number of nitrogens with zero attached hydrogens (tertiary/aromatic N) is 1. The fraction of sp³-hybridized carbons (Fsp3) is 0.875. The molecule has 0 bridgehead atoms. The first-order chi connectivity index (χ1) is 5.51. The minimum Gasteiger partial charge on any atom is -0.345 e. The predicted molar refractivity (Wildman–Crippen MR) is 43.2 cm³/mol. The van der Waals surface area contributed by atoms with Crippen molar-refractivity contribution in [2.24, 2.45) is 0 Å². The van der Waals surface area contributed by atoms with Gasteiger partial charge in [-0.2, -0.15) is 0 Å². The third-order valence-corrected chi connectivity index (χ3v) is 1.65. The lowest BCUT2D eigenvalue weighted by Gasteiger charge is -2.28. The van der Waals surface area contributed by atoms with Gasteiger partial charge in [-0.1, -0.05) is 13.8 Å². The van der Waals surface area contributed by atoms with Crippen molar-refractivity contribution in [3.05, 3.63) is 0 Å². The summed E-state index contributed by atoms with van der Waals surface area (Å²) in [6, 6.07) is 0. The van der Waals surface area contributed by atoms with Crippen LogP contribution in [0.25, 0.3) is 0 Å². The summed E-state index contributed by atoms with van der Waals surface area (Å²) in [7, 11) is 1.54. The maximum absolute atomic E-state index is 12.4. The second kappa shape index (κ2) is 4.38. The maximum Gasteiger partial charge on any atom is 0.258 e. The van der Waals surface area contributed by atoms with Crippen molar-refractivity contribution in [1.29, 1.82) is 0 Å². The van der Waals surface area contributed by atoms with Crippen molar-refractivity contribution in [3.8, 4) is 0 Å². The van der Waals surface area contributed by atoms with Crippen LogP contribution in [0.5, 0.6) is 0 Å². The zero-order valence-electron chi connectivity index (χ0n) is 7.73. The summed E-state index contributed by atoms with van der Waals surface area (Å²) in [6.07, 6.45) is -0.821. The lowest BCUT2D eigenvalue weighted by Crippen LogP contribution is -2.41. The van der Waals surface area contributed by atoms with Crippen LogP contribution in [0.2, 0.25) is 0 Å². The molecule has 4 heteroatoms. The van der Waals surface area contributed by atoms with E-state index in [1.807, 2.05) is 13.8 Å². The van der Waals surface area contributed by atoms with Crippen LogP contribution in [0.15, 0.2) is 0 Å². The fourth-order valence-electron chi connectivity index (χ4n) is 0.901. The maximum atomic E-state index is 12.4. The van der Waals surface area contributed by atoms with E-state index in [4.69, 9.17) is 0 Å². The number of piperidine rings is 1. The van der Waals surface area contributed by atoms with E-state index >= 15 is 0 Å². The summed E-state index contributed by atoms with van der Waals surface area (Å²) in [5.41, 5.74) is 0. The quantitative estimate of drug-likeness (QED) is 0.556. The molecule has 0 N–H and O–H groups in total. The molecule has 1 amide bonds. The van der Waals surface area contributed by atoms with Crippen molar-refractivity contribution in [3.63, 3.8) is 0 Å². The summed E-state index contributed by atoms with van der Waals surface area (Å²) in [4.78, 5) is 12.0. The van der Waals surface area contributed by atoms with E-state index in [0.29, 0.717) is 0 Å². The van der Waals surface area contributed by atoms with Gasteiger partial charge in [-0.05, 0) is 0 Å². The number of rotatable bonds is 0. The fourth-order valence-corrected chi connectivity index (χ4v) is 0.901. The van der Waals surface area contributed by atoms with Crippen LogP contribution in [-0.2, 0) is 4.79 Å². The number of carbonyl (C=O) groups is 1. The topological polar surface area (TPSA) is 20.3 Å². The van der Waals surface area contributed by atoms with E-state index in [0.717, 1.165) is 0 Å². The Hall–Kier alpha value is -0.670. The van der Waals surface area contributed by atoms with Gasteiger partial charge in [0.05, 0.1) is 6.42 Å². The van der Waals surface area contributed by atoms with Crippen molar-refractivity contribution in [1.82, 2.24) is 4.90 Å². The summed E-state index contributed by atoms with van der Waals surface area (Å²) >= 11 is 0.